The molecule has 1 unspecified atom stereocenters. The van der Waals surface area contributed by atoms with Crippen molar-refractivity contribution in [2.45, 2.75) is 38.0 Å². The van der Waals surface area contributed by atoms with Gasteiger partial charge in [0.1, 0.15) is 5.69 Å². The molecule has 1 aromatic heterocycles. The van der Waals surface area contributed by atoms with Gasteiger partial charge in [0.15, 0.2) is 0 Å². The number of anilines is 1. The molecular weight excluding hydrogens is 246 g/mol. The molecule has 0 bridgehead atoms. The Balaban J connectivity index is 1.90. The molecule has 0 spiro atoms. The maximum absolute atomic E-state index is 12.1. The number of nitrogen functional groups attached to an aromatic ring is 1. The van der Waals surface area contributed by atoms with Crippen LogP contribution in [-0.4, -0.2) is 28.0 Å². The van der Waals surface area contributed by atoms with Crippen molar-refractivity contribution in [3.05, 3.63) is 18.0 Å². The van der Waals surface area contributed by atoms with Gasteiger partial charge in [0, 0.05) is 24.5 Å². The Morgan fingerprint density at radius 1 is 1.61 bits per heavy atom. The summed E-state index contributed by atoms with van der Waals surface area (Å²) < 4.78 is 1.89. The molecule has 1 atom stereocenters. The number of aryl methyl sites for hydroxylation is 1. The Morgan fingerprint density at radius 3 is 3.11 bits per heavy atom. The monoisotopic (exact) mass is 267 g/mol. The van der Waals surface area contributed by atoms with Crippen molar-refractivity contribution in [1.29, 1.82) is 0 Å². The third-order valence-electron chi connectivity index (χ3n) is 3.26. The molecule has 1 amide bonds. The van der Waals surface area contributed by atoms with Gasteiger partial charge in [0.25, 0.3) is 5.91 Å². The molecule has 1 fully saturated rings. The van der Waals surface area contributed by atoms with E-state index in [4.69, 9.17) is 5.73 Å². The summed E-state index contributed by atoms with van der Waals surface area (Å²) in [6, 6.07) is 1.74. The maximum Gasteiger partial charge on any atom is 0.268 e. The van der Waals surface area contributed by atoms with E-state index in [9.17, 15) is 4.79 Å². The predicted molar refractivity (Wildman–Crippen MR) is 76.9 cm³/mol. The van der Waals surface area contributed by atoms with Gasteiger partial charge in [-0.2, -0.15) is 11.8 Å². The fourth-order valence-electron chi connectivity index (χ4n) is 2.25. The van der Waals surface area contributed by atoms with Gasteiger partial charge in [-0.25, -0.2) is 0 Å². The van der Waals surface area contributed by atoms with Crippen LogP contribution in [0.1, 0.15) is 36.7 Å². The van der Waals surface area contributed by atoms with Crippen LogP contribution in [0.4, 0.5) is 5.69 Å². The molecule has 100 valence electrons. The number of rotatable bonds is 4. The van der Waals surface area contributed by atoms with Crippen molar-refractivity contribution < 1.29 is 4.79 Å². The highest BCUT2D eigenvalue weighted by atomic mass is 32.2. The SMILES string of the molecule is CCn1cc(N)cc1C(=O)NCC1CCCCS1. The van der Waals surface area contributed by atoms with Crippen LogP contribution in [0.25, 0.3) is 0 Å². The molecule has 0 aromatic carbocycles. The second-order valence-corrected chi connectivity index (χ2v) is 6.05. The quantitative estimate of drug-likeness (QED) is 0.878. The van der Waals surface area contributed by atoms with Gasteiger partial charge < -0.3 is 15.6 Å². The van der Waals surface area contributed by atoms with Gasteiger partial charge in [0.05, 0.1) is 5.69 Å². The Kier molecular flexibility index (Phi) is 4.58. The van der Waals surface area contributed by atoms with Crippen LogP contribution in [0, 0.1) is 0 Å². The van der Waals surface area contributed by atoms with E-state index in [1.165, 1.54) is 25.0 Å². The van der Waals surface area contributed by atoms with Gasteiger partial charge in [-0.15, -0.1) is 0 Å². The van der Waals surface area contributed by atoms with Crippen LogP contribution in [0.15, 0.2) is 12.3 Å². The summed E-state index contributed by atoms with van der Waals surface area (Å²) in [5.41, 5.74) is 7.04. The normalized spacial score (nSPS) is 19.7. The lowest BCUT2D eigenvalue weighted by Gasteiger charge is -2.21. The molecule has 2 rings (SSSR count). The highest BCUT2D eigenvalue weighted by Gasteiger charge is 2.17. The topological polar surface area (TPSA) is 60.0 Å². The van der Waals surface area contributed by atoms with Crippen molar-refractivity contribution in [3.8, 4) is 0 Å². The van der Waals surface area contributed by atoms with Crippen LogP contribution in [-0.2, 0) is 6.54 Å². The van der Waals surface area contributed by atoms with Crippen molar-refractivity contribution in [2.75, 3.05) is 18.0 Å². The summed E-state index contributed by atoms with van der Waals surface area (Å²) in [7, 11) is 0. The van der Waals surface area contributed by atoms with E-state index in [0.29, 0.717) is 16.6 Å². The lowest BCUT2D eigenvalue weighted by atomic mass is 10.2. The number of nitrogens with two attached hydrogens (primary N) is 1. The smallest absolute Gasteiger partial charge is 0.268 e. The van der Waals surface area contributed by atoms with E-state index >= 15 is 0 Å². The average molecular weight is 267 g/mol. The largest absolute Gasteiger partial charge is 0.397 e. The van der Waals surface area contributed by atoms with Crippen LogP contribution in [0.5, 0.6) is 0 Å². The van der Waals surface area contributed by atoms with Gasteiger partial charge in [-0.1, -0.05) is 6.42 Å². The minimum atomic E-state index is -0.0141. The minimum absolute atomic E-state index is 0.0141. The molecule has 1 saturated heterocycles. The van der Waals surface area contributed by atoms with Gasteiger partial charge >= 0.3 is 0 Å². The molecule has 3 N–H and O–H groups in total. The van der Waals surface area contributed by atoms with Crippen LogP contribution in [0.2, 0.25) is 0 Å². The number of hydrogen-bond acceptors (Lipinski definition) is 3. The van der Waals surface area contributed by atoms with Crippen LogP contribution >= 0.6 is 11.8 Å². The minimum Gasteiger partial charge on any atom is -0.397 e. The summed E-state index contributed by atoms with van der Waals surface area (Å²) in [6.45, 7) is 3.53. The first-order chi connectivity index (χ1) is 8.70. The molecule has 1 aliphatic rings. The molecule has 1 aromatic rings. The Bertz CT molecular complexity index is 410. The number of carbonyl (C=O) groups is 1. The van der Waals surface area contributed by atoms with Crippen LogP contribution < -0.4 is 11.1 Å². The van der Waals surface area contributed by atoms with E-state index in [1.54, 1.807) is 6.07 Å². The maximum atomic E-state index is 12.1. The zero-order valence-electron chi connectivity index (χ0n) is 10.8. The third kappa shape index (κ3) is 3.22. The molecule has 1 aliphatic heterocycles. The molecule has 0 saturated carbocycles. The Hall–Kier alpha value is -1.10. The number of carbonyl (C=O) groups excluding carboxylic acids is 1. The van der Waals surface area contributed by atoms with E-state index in [1.807, 2.05) is 29.4 Å². The number of thioether (sulfide) groups is 1. The third-order valence-corrected chi connectivity index (χ3v) is 4.65. The summed E-state index contributed by atoms with van der Waals surface area (Å²) in [4.78, 5) is 12.1. The lowest BCUT2D eigenvalue weighted by Crippen LogP contribution is -2.33. The summed E-state index contributed by atoms with van der Waals surface area (Å²) in [6.07, 6.45) is 5.61. The van der Waals surface area contributed by atoms with Gasteiger partial charge in [0.2, 0.25) is 0 Å². The second-order valence-electron chi connectivity index (χ2n) is 4.64. The molecule has 18 heavy (non-hydrogen) atoms. The summed E-state index contributed by atoms with van der Waals surface area (Å²) >= 11 is 1.97. The summed E-state index contributed by atoms with van der Waals surface area (Å²) in [5, 5.41) is 3.59. The number of nitrogens with zero attached hydrogens (tertiary/aromatic N) is 1. The molecule has 4 nitrogen and oxygen atoms in total. The number of nitrogens with one attached hydrogen (secondary N) is 1. The highest BCUT2D eigenvalue weighted by Crippen LogP contribution is 2.24. The Labute approximate surface area is 112 Å². The van der Waals surface area contributed by atoms with Crippen LogP contribution in [0.3, 0.4) is 0 Å². The fourth-order valence-corrected chi connectivity index (χ4v) is 3.49. The zero-order valence-corrected chi connectivity index (χ0v) is 11.6. The molecule has 0 aliphatic carbocycles. The van der Waals surface area contributed by atoms with Gasteiger partial charge in [-0.05, 0) is 31.6 Å². The fraction of sp³-hybridized carbons (Fsp3) is 0.615. The number of amides is 1. The summed E-state index contributed by atoms with van der Waals surface area (Å²) in [5.74, 6) is 1.21. The first-order valence-corrected chi connectivity index (χ1v) is 7.61. The standard InChI is InChI=1S/C13H21N3OS/c1-2-16-9-10(14)7-12(16)13(17)15-8-11-5-3-4-6-18-11/h7,9,11H,2-6,8,14H2,1H3,(H,15,17). The highest BCUT2D eigenvalue weighted by molar-refractivity contribution is 7.99. The van der Waals surface area contributed by atoms with E-state index in [-0.39, 0.29) is 5.91 Å². The first kappa shape index (κ1) is 13.3. The lowest BCUT2D eigenvalue weighted by molar-refractivity contribution is 0.0944. The average Bonchev–Trinajstić information content (AvgIpc) is 2.78. The van der Waals surface area contributed by atoms with Crippen molar-refractivity contribution >= 4 is 23.4 Å². The first-order valence-electron chi connectivity index (χ1n) is 6.56. The van der Waals surface area contributed by atoms with E-state index in [0.717, 1.165) is 13.1 Å². The Morgan fingerprint density at radius 2 is 2.44 bits per heavy atom. The second kappa shape index (κ2) is 6.18. The predicted octanol–water partition coefficient (Wildman–Crippen LogP) is 2.11. The number of aromatic nitrogens is 1. The zero-order chi connectivity index (χ0) is 13.0. The molecule has 2 heterocycles. The van der Waals surface area contributed by atoms with Crippen molar-refractivity contribution in [3.63, 3.8) is 0 Å². The van der Waals surface area contributed by atoms with Gasteiger partial charge in [-0.3, -0.25) is 4.79 Å². The molecule has 0 radical (unpaired) electrons. The van der Waals surface area contributed by atoms with E-state index in [2.05, 4.69) is 5.32 Å². The molecule has 5 heteroatoms. The number of hydrogen-bond donors (Lipinski definition) is 2. The molecular formula is C13H21N3OS. The van der Waals surface area contributed by atoms with Crippen molar-refractivity contribution in [2.24, 2.45) is 0 Å². The van der Waals surface area contributed by atoms with E-state index < -0.39 is 0 Å². The van der Waals surface area contributed by atoms with Crippen molar-refractivity contribution in [1.82, 2.24) is 9.88 Å².